The highest BCUT2D eigenvalue weighted by Gasteiger charge is 2.22. The summed E-state index contributed by atoms with van der Waals surface area (Å²) in [5, 5.41) is 0.801. The van der Waals surface area contributed by atoms with E-state index in [4.69, 9.17) is 5.73 Å². The SMILES string of the molecule is Cc1nc2sc(C(=O)c3ccc(S(=O)(=O)Nc4ccccn4)cc3)c(N)c2c(C)c1C. The van der Waals surface area contributed by atoms with Crippen molar-refractivity contribution >= 4 is 48.9 Å². The van der Waals surface area contributed by atoms with E-state index in [1.165, 1.54) is 41.8 Å². The minimum Gasteiger partial charge on any atom is -0.397 e. The molecule has 0 fully saturated rings. The molecule has 9 heteroatoms. The maximum atomic E-state index is 13.1. The van der Waals surface area contributed by atoms with E-state index in [0.29, 0.717) is 16.1 Å². The number of hydrogen-bond acceptors (Lipinski definition) is 7. The molecular weight excluding hydrogens is 432 g/mol. The summed E-state index contributed by atoms with van der Waals surface area (Å²) in [6.45, 7) is 5.88. The number of fused-ring (bicyclic) bond motifs is 1. The highest BCUT2D eigenvalue weighted by Crippen LogP contribution is 2.37. The van der Waals surface area contributed by atoms with Crippen LogP contribution in [0.1, 0.15) is 32.1 Å². The molecule has 158 valence electrons. The second-order valence-electron chi connectivity index (χ2n) is 7.15. The van der Waals surface area contributed by atoms with Gasteiger partial charge in [0.05, 0.1) is 10.6 Å². The fourth-order valence-corrected chi connectivity index (χ4v) is 5.44. The maximum absolute atomic E-state index is 13.1. The number of carbonyl (C=O) groups excluding carboxylic acids is 1. The molecule has 0 amide bonds. The van der Waals surface area contributed by atoms with Gasteiger partial charge in [0.2, 0.25) is 5.78 Å². The fourth-order valence-electron chi connectivity index (χ4n) is 3.27. The van der Waals surface area contributed by atoms with E-state index < -0.39 is 10.0 Å². The second kappa shape index (κ2) is 7.75. The Labute approximate surface area is 184 Å². The number of benzene rings is 1. The lowest BCUT2D eigenvalue weighted by Crippen LogP contribution is -2.14. The zero-order chi connectivity index (χ0) is 22.3. The molecule has 0 saturated carbocycles. The number of thiophene rings is 1. The van der Waals surface area contributed by atoms with Crippen LogP contribution < -0.4 is 10.5 Å². The molecule has 3 N–H and O–H groups in total. The van der Waals surface area contributed by atoms with Crippen LogP contribution in [0, 0.1) is 20.8 Å². The van der Waals surface area contributed by atoms with Crippen molar-refractivity contribution in [2.24, 2.45) is 0 Å². The number of anilines is 2. The minimum absolute atomic E-state index is 0.0303. The van der Waals surface area contributed by atoms with E-state index >= 15 is 0 Å². The van der Waals surface area contributed by atoms with Crippen molar-refractivity contribution in [3.8, 4) is 0 Å². The topological polar surface area (TPSA) is 115 Å². The number of nitrogens with one attached hydrogen (secondary N) is 1. The summed E-state index contributed by atoms with van der Waals surface area (Å²) in [5.74, 6) is -0.0500. The smallest absolute Gasteiger partial charge is 0.263 e. The first-order chi connectivity index (χ1) is 14.7. The Bertz CT molecular complexity index is 1410. The van der Waals surface area contributed by atoms with Crippen molar-refractivity contribution < 1.29 is 13.2 Å². The molecule has 0 saturated heterocycles. The second-order valence-corrected chi connectivity index (χ2v) is 9.83. The van der Waals surface area contributed by atoms with Crippen molar-refractivity contribution in [1.82, 2.24) is 9.97 Å². The first-order valence-electron chi connectivity index (χ1n) is 9.43. The molecule has 7 nitrogen and oxygen atoms in total. The van der Waals surface area contributed by atoms with Gasteiger partial charge in [0, 0.05) is 22.8 Å². The largest absolute Gasteiger partial charge is 0.397 e. The molecule has 0 aliphatic carbocycles. The molecule has 0 bridgehead atoms. The molecule has 0 unspecified atom stereocenters. The van der Waals surface area contributed by atoms with Crippen LogP contribution in [-0.4, -0.2) is 24.2 Å². The van der Waals surface area contributed by atoms with Crippen LogP contribution in [-0.2, 0) is 10.0 Å². The number of nitrogens with zero attached hydrogens (tertiary/aromatic N) is 2. The zero-order valence-corrected chi connectivity index (χ0v) is 18.8. The molecule has 0 aliphatic rings. The van der Waals surface area contributed by atoms with Gasteiger partial charge in [0.15, 0.2) is 0 Å². The maximum Gasteiger partial charge on any atom is 0.263 e. The van der Waals surface area contributed by atoms with Gasteiger partial charge in [-0.15, -0.1) is 11.3 Å². The van der Waals surface area contributed by atoms with Gasteiger partial charge in [0.25, 0.3) is 10.0 Å². The monoisotopic (exact) mass is 452 g/mol. The van der Waals surface area contributed by atoms with E-state index in [1.807, 2.05) is 20.8 Å². The van der Waals surface area contributed by atoms with Gasteiger partial charge >= 0.3 is 0 Å². The summed E-state index contributed by atoms with van der Waals surface area (Å²) in [6, 6.07) is 10.7. The summed E-state index contributed by atoms with van der Waals surface area (Å²) in [7, 11) is -3.82. The highest BCUT2D eigenvalue weighted by atomic mass is 32.2. The van der Waals surface area contributed by atoms with Crippen LogP contribution >= 0.6 is 11.3 Å². The summed E-state index contributed by atoms with van der Waals surface area (Å²) in [4.78, 5) is 22.8. The Morgan fingerprint density at radius 2 is 1.74 bits per heavy atom. The van der Waals surface area contributed by atoms with E-state index in [1.54, 1.807) is 18.2 Å². The minimum atomic E-state index is -3.82. The lowest BCUT2D eigenvalue weighted by Gasteiger charge is -2.08. The predicted molar refractivity (Wildman–Crippen MR) is 123 cm³/mol. The van der Waals surface area contributed by atoms with Gasteiger partial charge in [-0.25, -0.2) is 18.4 Å². The molecule has 0 spiro atoms. The van der Waals surface area contributed by atoms with Crippen LogP contribution in [0.25, 0.3) is 10.2 Å². The average molecular weight is 453 g/mol. The Kier molecular flexibility index (Phi) is 5.24. The first-order valence-corrected chi connectivity index (χ1v) is 11.7. The average Bonchev–Trinajstić information content (AvgIpc) is 3.08. The highest BCUT2D eigenvalue weighted by molar-refractivity contribution is 7.92. The Balaban J connectivity index is 1.66. The third-order valence-electron chi connectivity index (χ3n) is 5.21. The zero-order valence-electron chi connectivity index (χ0n) is 17.1. The van der Waals surface area contributed by atoms with Crippen molar-refractivity contribution in [2.75, 3.05) is 10.5 Å². The van der Waals surface area contributed by atoms with Crippen molar-refractivity contribution in [3.63, 3.8) is 0 Å². The summed E-state index contributed by atoms with van der Waals surface area (Å²) in [6.07, 6.45) is 1.49. The predicted octanol–water partition coefficient (Wildman–Crippen LogP) is 4.23. The summed E-state index contributed by atoms with van der Waals surface area (Å²) >= 11 is 1.25. The van der Waals surface area contributed by atoms with Crippen molar-refractivity contribution in [2.45, 2.75) is 25.7 Å². The summed E-state index contributed by atoms with van der Waals surface area (Å²) < 4.78 is 27.5. The number of nitrogen functional groups attached to an aromatic ring is 1. The number of pyridine rings is 2. The lowest BCUT2D eigenvalue weighted by molar-refractivity contribution is 0.104. The molecule has 4 rings (SSSR count). The molecule has 4 aromatic rings. The van der Waals surface area contributed by atoms with Crippen LogP contribution in [0.4, 0.5) is 11.5 Å². The normalized spacial score (nSPS) is 11.6. The van der Waals surface area contributed by atoms with E-state index in [9.17, 15) is 13.2 Å². The van der Waals surface area contributed by atoms with Crippen LogP contribution in [0.2, 0.25) is 0 Å². The lowest BCUT2D eigenvalue weighted by atomic mass is 10.0. The standard InChI is InChI=1S/C22H20N4O3S2/c1-12-13(2)18-19(23)21(30-22(18)25-14(12)3)20(27)15-7-9-16(10-8-15)31(28,29)26-17-6-4-5-11-24-17/h4-11H,23H2,1-3H3,(H,24,26). The van der Waals surface area contributed by atoms with Gasteiger partial charge in [-0.1, -0.05) is 6.07 Å². The van der Waals surface area contributed by atoms with Crippen LogP contribution in [0.3, 0.4) is 0 Å². The number of sulfonamides is 1. The third-order valence-corrected chi connectivity index (χ3v) is 7.68. The fraction of sp³-hybridized carbons (Fsp3) is 0.136. The molecule has 0 radical (unpaired) electrons. The number of aromatic nitrogens is 2. The molecule has 0 atom stereocenters. The molecular formula is C22H20N4O3S2. The van der Waals surface area contributed by atoms with Gasteiger partial charge in [-0.05, 0) is 68.3 Å². The molecule has 3 aromatic heterocycles. The third kappa shape index (κ3) is 3.77. The van der Waals surface area contributed by atoms with Gasteiger partial charge in [-0.2, -0.15) is 0 Å². The molecule has 31 heavy (non-hydrogen) atoms. The Morgan fingerprint density at radius 3 is 2.39 bits per heavy atom. The van der Waals surface area contributed by atoms with E-state index in [2.05, 4.69) is 14.7 Å². The van der Waals surface area contributed by atoms with E-state index in [-0.39, 0.29) is 16.5 Å². The van der Waals surface area contributed by atoms with Crippen LogP contribution in [0.5, 0.6) is 0 Å². The van der Waals surface area contributed by atoms with Crippen LogP contribution in [0.15, 0.2) is 53.6 Å². The number of carbonyl (C=O) groups is 1. The number of hydrogen-bond donors (Lipinski definition) is 2. The number of aryl methyl sites for hydroxylation is 2. The quantitative estimate of drug-likeness (QED) is 0.438. The van der Waals surface area contributed by atoms with Gasteiger partial charge in [-0.3, -0.25) is 9.52 Å². The van der Waals surface area contributed by atoms with Gasteiger partial charge in [0.1, 0.15) is 15.5 Å². The molecule has 1 aromatic carbocycles. The van der Waals surface area contributed by atoms with E-state index in [0.717, 1.165) is 27.0 Å². The summed E-state index contributed by atoms with van der Waals surface area (Å²) in [5.41, 5.74) is 10.0. The molecule has 0 aliphatic heterocycles. The Hall–Kier alpha value is -3.30. The van der Waals surface area contributed by atoms with Gasteiger partial charge < -0.3 is 5.73 Å². The first kappa shape index (κ1) is 21.0. The van der Waals surface area contributed by atoms with Crippen molar-refractivity contribution in [3.05, 3.63) is 75.9 Å². The van der Waals surface area contributed by atoms with Crippen molar-refractivity contribution in [1.29, 1.82) is 0 Å². The molecule has 3 heterocycles. The number of ketones is 1. The number of rotatable bonds is 5. The number of nitrogens with two attached hydrogens (primary N) is 1. The Morgan fingerprint density at radius 1 is 1.03 bits per heavy atom.